The molecule has 0 saturated heterocycles. The molecule has 0 atom stereocenters. The second kappa shape index (κ2) is 5.44. The number of hydrogen-bond donors (Lipinski definition) is 1. The molecule has 0 amide bonds. The molecule has 1 aliphatic rings. The first-order valence-corrected chi connectivity index (χ1v) is 6.87. The van der Waals surface area contributed by atoms with Gasteiger partial charge < -0.3 is 10.1 Å². The molecule has 1 N–H and O–H groups in total. The standard InChI is InChI=1S/C16H16N2O3/c1-11-2-4-14(9-15(11)18(19)20)17-10-12-3-5-16-13(8-12)6-7-21-16/h2-5,8-9,17H,6-7,10H2,1H3. The van der Waals surface area contributed by atoms with Crippen LogP contribution in [-0.2, 0) is 13.0 Å². The summed E-state index contributed by atoms with van der Waals surface area (Å²) in [5.41, 5.74) is 3.93. The molecule has 0 radical (unpaired) electrons. The van der Waals surface area contributed by atoms with Crippen LogP contribution in [-0.4, -0.2) is 11.5 Å². The van der Waals surface area contributed by atoms with E-state index in [0.29, 0.717) is 12.1 Å². The van der Waals surface area contributed by atoms with Gasteiger partial charge in [-0.3, -0.25) is 10.1 Å². The maximum absolute atomic E-state index is 10.9. The van der Waals surface area contributed by atoms with Crippen molar-refractivity contribution in [3.05, 3.63) is 63.2 Å². The number of nitrogens with one attached hydrogen (secondary N) is 1. The van der Waals surface area contributed by atoms with Gasteiger partial charge in [0, 0.05) is 30.3 Å². The zero-order valence-electron chi connectivity index (χ0n) is 11.8. The first kappa shape index (κ1) is 13.4. The summed E-state index contributed by atoms with van der Waals surface area (Å²) in [6, 6.07) is 11.3. The van der Waals surface area contributed by atoms with E-state index in [1.165, 1.54) is 5.56 Å². The van der Waals surface area contributed by atoms with Gasteiger partial charge >= 0.3 is 0 Å². The molecular weight excluding hydrogens is 268 g/mol. The highest BCUT2D eigenvalue weighted by molar-refractivity contribution is 5.55. The molecule has 2 aromatic carbocycles. The van der Waals surface area contributed by atoms with E-state index in [0.717, 1.165) is 30.0 Å². The molecule has 5 heteroatoms. The Labute approximate surface area is 122 Å². The summed E-state index contributed by atoms with van der Waals surface area (Å²) >= 11 is 0. The van der Waals surface area contributed by atoms with E-state index < -0.39 is 0 Å². The molecule has 2 aromatic rings. The number of nitro benzene ring substituents is 1. The lowest BCUT2D eigenvalue weighted by atomic mass is 10.1. The Bertz CT molecular complexity index is 698. The number of rotatable bonds is 4. The molecule has 0 unspecified atom stereocenters. The lowest BCUT2D eigenvalue weighted by molar-refractivity contribution is -0.385. The van der Waals surface area contributed by atoms with Gasteiger partial charge in [0.05, 0.1) is 11.5 Å². The zero-order valence-corrected chi connectivity index (χ0v) is 11.8. The monoisotopic (exact) mass is 284 g/mol. The Morgan fingerprint density at radius 3 is 2.95 bits per heavy atom. The van der Waals surface area contributed by atoms with E-state index in [9.17, 15) is 10.1 Å². The second-order valence-electron chi connectivity index (χ2n) is 5.15. The molecule has 21 heavy (non-hydrogen) atoms. The highest BCUT2D eigenvalue weighted by Crippen LogP contribution is 2.27. The molecule has 0 spiro atoms. The minimum atomic E-state index is -0.354. The Morgan fingerprint density at radius 1 is 1.29 bits per heavy atom. The molecule has 108 valence electrons. The average Bonchev–Trinajstić information content (AvgIpc) is 2.93. The number of nitro groups is 1. The zero-order chi connectivity index (χ0) is 14.8. The van der Waals surface area contributed by atoms with Crippen molar-refractivity contribution in [1.82, 2.24) is 0 Å². The normalized spacial score (nSPS) is 12.6. The third-order valence-electron chi connectivity index (χ3n) is 3.66. The Balaban J connectivity index is 1.73. The number of ether oxygens (including phenoxy) is 1. The van der Waals surface area contributed by atoms with E-state index in [-0.39, 0.29) is 10.6 Å². The van der Waals surface area contributed by atoms with Crippen LogP contribution in [0, 0.1) is 17.0 Å². The van der Waals surface area contributed by atoms with E-state index >= 15 is 0 Å². The number of anilines is 1. The Hall–Kier alpha value is -2.56. The summed E-state index contributed by atoms with van der Waals surface area (Å²) in [6.07, 6.45) is 0.944. The van der Waals surface area contributed by atoms with Gasteiger partial charge in [-0.2, -0.15) is 0 Å². The summed E-state index contributed by atoms with van der Waals surface area (Å²) in [5.74, 6) is 0.963. The summed E-state index contributed by atoms with van der Waals surface area (Å²) in [7, 11) is 0. The second-order valence-corrected chi connectivity index (χ2v) is 5.15. The fraction of sp³-hybridized carbons (Fsp3) is 0.250. The lowest BCUT2D eigenvalue weighted by Crippen LogP contribution is -2.01. The van der Waals surface area contributed by atoms with Gasteiger partial charge in [-0.05, 0) is 30.2 Å². The van der Waals surface area contributed by atoms with Crippen molar-refractivity contribution >= 4 is 11.4 Å². The van der Waals surface area contributed by atoms with Crippen LogP contribution >= 0.6 is 0 Å². The molecule has 5 nitrogen and oxygen atoms in total. The van der Waals surface area contributed by atoms with E-state index in [1.54, 1.807) is 19.1 Å². The first-order valence-electron chi connectivity index (χ1n) is 6.87. The third kappa shape index (κ3) is 2.81. The molecule has 0 aliphatic carbocycles. The van der Waals surface area contributed by atoms with Crippen molar-refractivity contribution in [2.75, 3.05) is 11.9 Å². The molecular formula is C16H16N2O3. The van der Waals surface area contributed by atoms with Crippen molar-refractivity contribution < 1.29 is 9.66 Å². The summed E-state index contributed by atoms with van der Waals surface area (Å²) in [5, 5.41) is 14.2. The van der Waals surface area contributed by atoms with Crippen molar-refractivity contribution in [3.63, 3.8) is 0 Å². The first-order chi connectivity index (χ1) is 10.1. The largest absolute Gasteiger partial charge is 0.493 e. The minimum Gasteiger partial charge on any atom is -0.493 e. The molecule has 0 fully saturated rings. The Morgan fingerprint density at radius 2 is 2.14 bits per heavy atom. The topological polar surface area (TPSA) is 64.4 Å². The fourth-order valence-electron chi connectivity index (χ4n) is 2.47. The van der Waals surface area contributed by atoms with Crippen LogP contribution < -0.4 is 10.1 Å². The number of hydrogen-bond acceptors (Lipinski definition) is 4. The highest BCUT2D eigenvalue weighted by Gasteiger charge is 2.13. The van der Waals surface area contributed by atoms with Crippen LogP contribution in [0.25, 0.3) is 0 Å². The van der Waals surface area contributed by atoms with Crippen LogP contribution in [0.15, 0.2) is 36.4 Å². The number of fused-ring (bicyclic) bond motifs is 1. The van der Waals surface area contributed by atoms with Crippen LogP contribution in [0.1, 0.15) is 16.7 Å². The summed E-state index contributed by atoms with van der Waals surface area (Å²) in [6.45, 7) is 3.12. The van der Waals surface area contributed by atoms with Gasteiger partial charge in [0.25, 0.3) is 5.69 Å². The van der Waals surface area contributed by atoms with E-state index in [1.807, 2.05) is 18.2 Å². The van der Waals surface area contributed by atoms with Crippen LogP contribution in [0.3, 0.4) is 0 Å². The van der Waals surface area contributed by atoms with Crippen molar-refractivity contribution in [2.45, 2.75) is 19.9 Å². The maximum Gasteiger partial charge on any atom is 0.274 e. The summed E-state index contributed by atoms with van der Waals surface area (Å²) in [4.78, 5) is 10.6. The molecule has 0 bridgehead atoms. The average molecular weight is 284 g/mol. The molecule has 0 aromatic heterocycles. The van der Waals surface area contributed by atoms with Gasteiger partial charge in [0.15, 0.2) is 0 Å². The molecule has 3 rings (SSSR count). The van der Waals surface area contributed by atoms with E-state index in [2.05, 4.69) is 11.4 Å². The summed E-state index contributed by atoms with van der Waals surface area (Å²) < 4.78 is 5.48. The van der Waals surface area contributed by atoms with Gasteiger partial charge in [0.2, 0.25) is 0 Å². The fourth-order valence-corrected chi connectivity index (χ4v) is 2.47. The van der Waals surface area contributed by atoms with Crippen LogP contribution in [0.5, 0.6) is 5.75 Å². The number of aryl methyl sites for hydroxylation is 1. The number of nitrogens with zero attached hydrogens (tertiary/aromatic N) is 1. The maximum atomic E-state index is 10.9. The predicted octanol–water partition coefficient (Wildman–Crippen LogP) is 3.45. The van der Waals surface area contributed by atoms with E-state index in [4.69, 9.17) is 4.74 Å². The molecule has 1 heterocycles. The van der Waals surface area contributed by atoms with Gasteiger partial charge in [-0.1, -0.05) is 18.2 Å². The lowest BCUT2D eigenvalue weighted by Gasteiger charge is -2.08. The van der Waals surface area contributed by atoms with Crippen molar-refractivity contribution in [3.8, 4) is 5.75 Å². The van der Waals surface area contributed by atoms with Crippen LogP contribution in [0.4, 0.5) is 11.4 Å². The van der Waals surface area contributed by atoms with Gasteiger partial charge in [-0.15, -0.1) is 0 Å². The smallest absolute Gasteiger partial charge is 0.274 e. The molecule has 1 aliphatic heterocycles. The van der Waals surface area contributed by atoms with Gasteiger partial charge in [-0.25, -0.2) is 0 Å². The Kier molecular flexibility index (Phi) is 3.48. The van der Waals surface area contributed by atoms with Crippen molar-refractivity contribution in [1.29, 1.82) is 0 Å². The molecule has 0 saturated carbocycles. The highest BCUT2D eigenvalue weighted by atomic mass is 16.6. The van der Waals surface area contributed by atoms with Crippen LogP contribution in [0.2, 0.25) is 0 Å². The quantitative estimate of drug-likeness (QED) is 0.690. The SMILES string of the molecule is Cc1ccc(NCc2ccc3c(c2)CCO3)cc1[N+](=O)[O-]. The van der Waals surface area contributed by atoms with Crippen molar-refractivity contribution in [2.24, 2.45) is 0 Å². The number of benzene rings is 2. The van der Waals surface area contributed by atoms with Gasteiger partial charge in [0.1, 0.15) is 5.75 Å². The predicted molar refractivity (Wildman–Crippen MR) is 80.8 cm³/mol. The minimum absolute atomic E-state index is 0.141. The third-order valence-corrected chi connectivity index (χ3v) is 3.66.